The number of nitrogens with zero attached hydrogens (tertiary/aromatic N) is 1. The predicted octanol–water partition coefficient (Wildman–Crippen LogP) is 4.80. The van der Waals surface area contributed by atoms with Gasteiger partial charge in [0.25, 0.3) is 0 Å². The van der Waals surface area contributed by atoms with E-state index in [4.69, 9.17) is 0 Å². The Labute approximate surface area is 147 Å². The molecular weight excluding hydrogens is 325 g/mol. The number of benzene rings is 2. The first kappa shape index (κ1) is 19.5. The van der Waals surface area contributed by atoms with Crippen molar-refractivity contribution in [1.82, 2.24) is 10.2 Å². The van der Waals surface area contributed by atoms with E-state index in [-0.39, 0.29) is 0 Å². The summed E-state index contributed by atoms with van der Waals surface area (Å²) < 4.78 is 37.8. The quantitative estimate of drug-likeness (QED) is 0.688. The van der Waals surface area contributed by atoms with Crippen LogP contribution in [0.25, 0.3) is 11.1 Å². The van der Waals surface area contributed by atoms with Crippen LogP contribution in [-0.4, -0.2) is 32.1 Å². The SMILES string of the molecule is CN(C)CCCCNCc1ccc(-c2ccc(C(F)(F)F)cc2)cc1. The van der Waals surface area contributed by atoms with E-state index in [0.29, 0.717) is 0 Å². The van der Waals surface area contributed by atoms with Crippen molar-refractivity contribution in [3.05, 3.63) is 59.7 Å². The molecule has 0 unspecified atom stereocenters. The molecule has 0 radical (unpaired) electrons. The van der Waals surface area contributed by atoms with E-state index in [9.17, 15) is 13.2 Å². The Morgan fingerprint density at radius 1 is 0.840 bits per heavy atom. The van der Waals surface area contributed by atoms with Gasteiger partial charge in [0.05, 0.1) is 5.56 Å². The van der Waals surface area contributed by atoms with Gasteiger partial charge in [-0.15, -0.1) is 0 Å². The van der Waals surface area contributed by atoms with E-state index in [0.717, 1.165) is 49.3 Å². The number of rotatable bonds is 8. The second kappa shape index (κ2) is 9.02. The molecule has 0 bridgehead atoms. The van der Waals surface area contributed by atoms with Gasteiger partial charge in [0.2, 0.25) is 0 Å². The zero-order valence-corrected chi connectivity index (χ0v) is 14.7. The van der Waals surface area contributed by atoms with Crippen molar-refractivity contribution in [2.45, 2.75) is 25.6 Å². The lowest BCUT2D eigenvalue weighted by molar-refractivity contribution is -0.137. The van der Waals surface area contributed by atoms with Crippen molar-refractivity contribution in [3.63, 3.8) is 0 Å². The fourth-order valence-corrected chi connectivity index (χ4v) is 2.58. The highest BCUT2D eigenvalue weighted by molar-refractivity contribution is 5.64. The summed E-state index contributed by atoms with van der Waals surface area (Å²) in [7, 11) is 4.15. The first-order valence-corrected chi connectivity index (χ1v) is 8.48. The average Bonchev–Trinajstić information content (AvgIpc) is 2.58. The fourth-order valence-electron chi connectivity index (χ4n) is 2.58. The van der Waals surface area contributed by atoms with E-state index >= 15 is 0 Å². The van der Waals surface area contributed by atoms with Crippen LogP contribution in [0.3, 0.4) is 0 Å². The second-order valence-electron chi connectivity index (χ2n) is 6.46. The smallest absolute Gasteiger partial charge is 0.313 e. The number of nitrogens with one attached hydrogen (secondary N) is 1. The van der Waals surface area contributed by atoms with Gasteiger partial charge in [-0.2, -0.15) is 13.2 Å². The number of halogens is 3. The normalized spacial score (nSPS) is 11.9. The first-order chi connectivity index (χ1) is 11.9. The number of hydrogen-bond acceptors (Lipinski definition) is 2. The van der Waals surface area contributed by atoms with Crippen LogP contribution < -0.4 is 5.32 Å². The minimum Gasteiger partial charge on any atom is -0.313 e. The third-order valence-corrected chi connectivity index (χ3v) is 4.04. The fraction of sp³-hybridized carbons (Fsp3) is 0.400. The van der Waals surface area contributed by atoms with E-state index in [1.807, 2.05) is 24.3 Å². The van der Waals surface area contributed by atoms with Crippen LogP contribution >= 0.6 is 0 Å². The van der Waals surface area contributed by atoms with Crippen LogP contribution in [-0.2, 0) is 12.7 Å². The zero-order chi connectivity index (χ0) is 18.3. The molecule has 0 spiro atoms. The molecule has 2 nitrogen and oxygen atoms in total. The Hall–Kier alpha value is -1.85. The van der Waals surface area contributed by atoms with Gasteiger partial charge in [0, 0.05) is 6.54 Å². The van der Waals surface area contributed by atoms with Crippen molar-refractivity contribution < 1.29 is 13.2 Å². The molecule has 25 heavy (non-hydrogen) atoms. The van der Waals surface area contributed by atoms with E-state index in [2.05, 4.69) is 24.3 Å². The van der Waals surface area contributed by atoms with Crippen LogP contribution in [0.4, 0.5) is 13.2 Å². The highest BCUT2D eigenvalue weighted by atomic mass is 19.4. The third kappa shape index (κ3) is 6.52. The summed E-state index contributed by atoms with van der Waals surface area (Å²) in [5, 5.41) is 3.42. The molecule has 0 fully saturated rings. The van der Waals surface area contributed by atoms with Gasteiger partial charge < -0.3 is 10.2 Å². The van der Waals surface area contributed by atoms with Gasteiger partial charge in [0.15, 0.2) is 0 Å². The summed E-state index contributed by atoms with van der Waals surface area (Å²) in [4.78, 5) is 2.18. The molecule has 0 aliphatic heterocycles. The van der Waals surface area contributed by atoms with Crippen molar-refractivity contribution >= 4 is 0 Å². The zero-order valence-electron chi connectivity index (χ0n) is 14.7. The summed E-state index contributed by atoms with van der Waals surface area (Å²) in [5.74, 6) is 0. The van der Waals surface area contributed by atoms with Gasteiger partial charge in [0.1, 0.15) is 0 Å². The second-order valence-corrected chi connectivity index (χ2v) is 6.46. The molecule has 0 aromatic heterocycles. The molecule has 2 rings (SSSR count). The standard InChI is InChI=1S/C20H25F3N2/c1-25(2)14-4-3-13-24-15-16-5-7-17(8-6-16)18-9-11-19(12-10-18)20(21,22)23/h5-12,24H,3-4,13-15H2,1-2H3. The summed E-state index contributed by atoms with van der Waals surface area (Å²) in [5.41, 5.74) is 2.26. The van der Waals surface area contributed by atoms with Gasteiger partial charge in [-0.3, -0.25) is 0 Å². The minimum absolute atomic E-state index is 0.619. The van der Waals surface area contributed by atoms with Crippen LogP contribution in [0.1, 0.15) is 24.0 Å². The van der Waals surface area contributed by atoms with Crippen LogP contribution in [0.2, 0.25) is 0 Å². The van der Waals surface area contributed by atoms with Gasteiger partial charge in [-0.1, -0.05) is 36.4 Å². The molecule has 2 aromatic carbocycles. The minimum atomic E-state index is -4.29. The Morgan fingerprint density at radius 2 is 1.40 bits per heavy atom. The lowest BCUT2D eigenvalue weighted by Crippen LogP contribution is -2.18. The molecule has 0 atom stereocenters. The van der Waals surface area contributed by atoms with Gasteiger partial charge >= 0.3 is 6.18 Å². The average molecular weight is 350 g/mol. The molecular formula is C20H25F3N2. The molecule has 5 heteroatoms. The van der Waals surface area contributed by atoms with E-state index in [1.165, 1.54) is 24.1 Å². The van der Waals surface area contributed by atoms with Crippen LogP contribution in [0, 0.1) is 0 Å². The van der Waals surface area contributed by atoms with E-state index in [1.54, 1.807) is 0 Å². The van der Waals surface area contributed by atoms with Gasteiger partial charge in [-0.25, -0.2) is 0 Å². The largest absolute Gasteiger partial charge is 0.416 e. The molecule has 0 saturated carbocycles. The lowest BCUT2D eigenvalue weighted by Gasteiger charge is -2.10. The first-order valence-electron chi connectivity index (χ1n) is 8.48. The van der Waals surface area contributed by atoms with Crippen LogP contribution in [0.15, 0.2) is 48.5 Å². The molecule has 136 valence electrons. The number of unbranched alkanes of at least 4 members (excludes halogenated alkanes) is 1. The maximum atomic E-state index is 12.6. The summed E-state index contributed by atoms with van der Waals surface area (Å²) in [6, 6.07) is 13.2. The monoisotopic (exact) mass is 350 g/mol. The van der Waals surface area contributed by atoms with Gasteiger partial charge in [-0.05, 0) is 68.8 Å². The van der Waals surface area contributed by atoms with Crippen molar-refractivity contribution in [2.75, 3.05) is 27.2 Å². The maximum Gasteiger partial charge on any atom is 0.416 e. The molecule has 1 N–H and O–H groups in total. The molecule has 0 saturated heterocycles. The van der Waals surface area contributed by atoms with E-state index < -0.39 is 11.7 Å². The summed E-state index contributed by atoms with van der Waals surface area (Å²) in [6.07, 6.45) is -1.98. The van der Waals surface area contributed by atoms with Crippen molar-refractivity contribution in [2.24, 2.45) is 0 Å². The Bertz CT molecular complexity index is 631. The summed E-state index contributed by atoms with van der Waals surface area (Å²) in [6.45, 7) is 2.88. The summed E-state index contributed by atoms with van der Waals surface area (Å²) >= 11 is 0. The topological polar surface area (TPSA) is 15.3 Å². The van der Waals surface area contributed by atoms with Crippen molar-refractivity contribution in [1.29, 1.82) is 0 Å². The van der Waals surface area contributed by atoms with Crippen molar-refractivity contribution in [3.8, 4) is 11.1 Å². The number of hydrogen-bond donors (Lipinski definition) is 1. The highest BCUT2D eigenvalue weighted by Crippen LogP contribution is 2.31. The molecule has 0 aliphatic rings. The highest BCUT2D eigenvalue weighted by Gasteiger charge is 2.29. The molecule has 2 aromatic rings. The van der Waals surface area contributed by atoms with Crippen LogP contribution in [0.5, 0.6) is 0 Å². The Morgan fingerprint density at radius 3 is 1.92 bits per heavy atom. The maximum absolute atomic E-state index is 12.6. The third-order valence-electron chi connectivity index (χ3n) is 4.04. The number of alkyl halides is 3. The molecule has 0 heterocycles. The lowest BCUT2D eigenvalue weighted by atomic mass is 10.0. The predicted molar refractivity (Wildman–Crippen MR) is 96.4 cm³/mol. The Kier molecular flexibility index (Phi) is 7.02. The molecule has 0 aliphatic carbocycles. The molecule has 0 amide bonds. The Balaban J connectivity index is 1.83.